The minimum absolute atomic E-state index is 0.796. The summed E-state index contributed by atoms with van der Waals surface area (Å²) in [5, 5.41) is 0. The van der Waals surface area contributed by atoms with Gasteiger partial charge in [-0.25, -0.2) is 0 Å². The first kappa shape index (κ1) is 12.6. The van der Waals surface area contributed by atoms with Gasteiger partial charge in [0.2, 0.25) is 0 Å². The molecule has 0 saturated heterocycles. The van der Waals surface area contributed by atoms with Crippen LogP contribution >= 0.6 is 11.6 Å². The molecular formula is C12H20ClNO. The monoisotopic (exact) mass is 229 g/mol. The molecule has 0 N–H and O–H groups in total. The summed E-state index contributed by atoms with van der Waals surface area (Å²) < 4.78 is 5.03. The molecule has 0 spiro atoms. The molecule has 0 radical (unpaired) electrons. The summed E-state index contributed by atoms with van der Waals surface area (Å²) in [6.07, 6.45) is 8.47. The van der Waals surface area contributed by atoms with Gasteiger partial charge in [0.05, 0.1) is 12.5 Å². The van der Waals surface area contributed by atoms with Crippen molar-refractivity contribution in [1.82, 2.24) is 4.90 Å². The van der Waals surface area contributed by atoms with Gasteiger partial charge in [0, 0.05) is 18.0 Å². The Labute approximate surface area is 97.2 Å². The SMILES string of the molecule is CN(CCCCCCCl)Cc1ccoc1. The second kappa shape index (κ2) is 7.77. The molecule has 0 saturated carbocycles. The minimum Gasteiger partial charge on any atom is -0.472 e. The normalized spacial score (nSPS) is 11.1. The summed E-state index contributed by atoms with van der Waals surface area (Å²) in [4.78, 5) is 2.32. The maximum absolute atomic E-state index is 5.62. The highest BCUT2D eigenvalue weighted by molar-refractivity contribution is 6.17. The molecule has 0 bridgehead atoms. The quantitative estimate of drug-likeness (QED) is 0.501. The highest BCUT2D eigenvalue weighted by atomic mass is 35.5. The standard InChI is InChI=1S/C12H20ClNO/c1-14(8-5-3-2-4-7-13)10-12-6-9-15-11-12/h6,9,11H,2-5,7-8,10H2,1H3. The van der Waals surface area contributed by atoms with E-state index in [0.717, 1.165) is 25.4 Å². The van der Waals surface area contributed by atoms with Gasteiger partial charge in [0.25, 0.3) is 0 Å². The predicted molar refractivity (Wildman–Crippen MR) is 64.2 cm³/mol. The average Bonchev–Trinajstić information content (AvgIpc) is 2.70. The highest BCUT2D eigenvalue weighted by Gasteiger charge is 2.00. The maximum atomic E-state index is 5.62. The van der Waals surface area contributed by atoms with Crippen molar-refractivity contribution in [1.29, 1.82) is 0 Å². The van der Waals surface area contributed by atoms with Gasteiger partial charge in [-0.15, -0.1) is 11.6 Å². The van der Waals surface area contributed by atoms with Gasteiger partial charge in [-0.1, -0.05) is 12.8 Å². The van der Waals surface area contributed by atoms with Gasteiger partial charge >= 0.3 is 0 Å². The van der Waals surface area contributed by atoms with Crippen molar-refractivity contribution < 1.29 is 4.42 Å². The van der Waals surface area contributed by atoms with Gasteiger partial charge in [-0.3, -0.25) is 0 Å². The lowest BCUT2D eigenvalue weighted by atomic mass is 10.2. The summed E-state index contributed by atoms with van der Waals surface area (Å²) in [5.41, 5.74) is 1.25. The highest BCUT2D eigenvalue weighted by Crippen LogP contribution is 2.06. The van der Waals surface area contributed by atoms with Crippen molar-refractivity contribution in [2.24, 2.45) is 0 Å². The van der Waals surface area contributed by atoms with Crippen molar-refractivity contribution >= 4 is 11.6 Å². The third kappa shape index (κ3) is 5.85. The van der Waals surface area contributed by atoms with Crippen molar-refractivity contribution in [2.45, 2.75) is 32.2 Å². The van der Waals surface area contributed by atoms with E-state index in [4.69, 9.17) is 16.0 Å². The molecule has 3 heteroatoms. The molecule has 0 unspecified atom stereocenters. The van der Waals surface area contributed by atoms with Gasteiger partial charge in [0.15, 0.2) is 0 Å². The number of hydrogen-bond acceptors (Lipinski definition) is 2. The summed E-state index contributed by atoms with van der Waals surface area (Å²) in [5.74, 6) is 0.796. The molecule has 0 aliphatic heterocycles. The molecule has 1 aromatic heterocycles. The lowest BCUT2D eigenvalue weighted by Gasteiger charge is -2.14. The Hall–Kier alpha value is -0.470. The number of nitrogens with zero attached hydrogens (tertiary/aromatic N) is 1. The van der Waals surface area contributed by atoms with Crippen molar-refractivity contribution in [3.8, 4) is 0 Å². The lowest BCUT2D eigenvalue weighted by molar-refractivity contribution is 0.316. The first-order valence-corrected chi connectivity index (χ1v) is 6.12. The van der Waals surface area contributed by atoms with Gasteiger partial charge in [-0.2, -0.15) is 0 Å². The van der Waals surface area contributed by atoms with Crippen LogP contribution < -0.4 is 0 Å². The molecule has 1 aromatic rings. The first-order chi connectivity index (χ1) is 7.33. The van der Waals surface area contributed by atoms with Crippen molar-refractivity contribution in [3.63, 3.8) is 0 Å². The van der Waals surface area contributed by atoms with Crippen LogP contribution in [0.1, 0.15) is 31.2 Å². The van der Waals surface area contributed by atoms with E-state index in [0.29, 0.717) is 0 Å². The third-order valence-corrected chi connectivity index (χ3v) is 2.72. The zero-order valence-electron chi connectivity index (χ0n) is 9.42. The van der Waals surface area contributed by atoms with E-state index in [1.807, 2.05) is 12.3 Å². The Morgan fingerprint density at radius 2 is 2.07 bits per heavy atom. The van der Waals surface area contributed by atoms with Crippen LogP contribution in [0.25, 0.3) is 0 Å². The first-order valence-electron chi connectivity index (χ1n) is 5.58. The number of halogens is 1. The van der Waals surface area contributed by atoms with Crippen LogP contribution in [-0.2, 0) is 6.54 Å². The van der Waals surface area contributed by atoms with Crippen molar-refractivity contribution in [3.05, 3.63) is 24.2 Å². The molecule has 0 aliphatic carbocycles. The van der Waals surface area contributed by atoms with Gasteiger partial charge in [-0.05, 0) is 32.5 Å². The zero-order valence-corrected chi connectivity index (χ0v) is 10.2. The summed E-state index contributed by atoms with van der Waals surface area (Å²) in [6.45, 7) is 2.12. The molecular weight excluding hydrogens is 210 g/mol. The van der Waals surface area contributed by atoms with Crippen LogP contribution in [0.3, 0.4) is 0 Å². The fourth-order valence-electron chi connectivity index (χ4n) is 1.60. The third-order valence-electron chi connectivity index (χ3n) is 2.46. The molecule has 15 heavy (non-hydrogen) atoms. The molecule has 0 amide bonds. The van der Waals surface area contributed by atoms with E-state index < -0.39 is 0 Å². The smallest absolute Gasteiger partial charge is 0.0947 e. The Kier molecular flexibility index (Phi) is 6.53. The van der Waals surface area contributed by atoms with Crippen LogP contribution in [-0.4, -0.2) is 24.4 Å². The van der Waals surface area contributed by atoms with Crippen molar-refractivity contribution in [2.75, 3.05) is 19.5 Å². The van der Waals surface area contributed by atoms with Crippen LogP contribution in [0.2, 0.25) is 0 Å². The second-order valence-corrected chi connectivity index (χ2v) is 4.35. The Bertz CT molecular complexity index is 236. The summed E-state index contributed by atoms with van der Waals surface area (Å²) in [7, 11) is 2.15. The van der Waals surface area contributed by atoms with Crippen LogP contribution in [0.15, 0.2) is 23.0 Å². The Balaban J connectivity index is 2.01. The number of unbranched alkanes of at least 4 members (excludes halogenated alkanes) is 3. The molecule has 1 rings (SSSR count). The fourth-order valence-corrected chi connectivity index (χ4v) is 1.79. The summed E-state index contributed by atoms with van der Waals surface area (Å²) in [6, 6.07) is 2.02. The van der Waals surface area contributed by atoms with Crippen LogP contribution in [0.4, 0.5) is 0 Å². The molecule has 0 aromatic carbocycles. The number of hydrogen-bond donors (Lipinski definition) is 0. The molecule has 0 aliphatic rings. The van der Waals surface area contributed by atoms with Gasteiger partial charge in [0.1, 0.15) is 0 Å². The Morgan fingerprint density at radius 3 is 2.73 bits per heavy atom. The molecule has 0 atom stereocenters. The maximum Gasteiger partial charge on any atom is 0.0947 e. The Morgan fingerprint density at radius 1 is 1.27 bits per heavy atom. The topological polar surface area (TPSA) is 16.4 Å². The summed E-state index contributed by atoms with van der Waals surface area (Å²) >= 11 is 5.62. The average molecular weight is 230 g/mol. The number of rotatable bonds is 8. The van der Waals surface area contributed by atoms with E-state index in [9.17, 15) is 0 Å². The molecule has 2 nitrogen and oxygen atoms in total. The van der Waals surface area contributed by atoms with E-state index in [2.05, 4.69) is 11.9 Å². The van der Waals surface area contributed by atoms with Crippen LogP contribution in [0, 0.1) is 0 Å². The van der Waals surface area contributed by atoms with E-state index in [1.54, 1.807) is 6.26 Å². The largest absolute Gasteiger partial charge is 0.472 e. The predicted octanol–water partition coefficient (Wildman–Crippen LogP) is 3.51. The van der Waals surface area contributed by atoms with E-state index in [1.165, 1.54) is 24.8 Å². The minimum atomic E-state index is 0.796. The second-order valence-electron chi connectivity index (χ2n) is 3.97. The van der Waals surface area contributed by atoms with Crippen LogP contribution in [0.5, 0.6) is 0 Å². The lowest BCUT2D eigenvalue weighted by Crippen LogP contribution is -2.18. The van der Waals surface area contributed by atoms with E-state index >= 15 is 0 Å². The number of alkyl halides is 1. The molecule has 0 fully saturated rings. The zero-order chi connectivity index (χ0) is 10.9. The molecule has 86 valence electrons. The van der Waals surface area contributed by atoms with Gasteiger partial charge < -0.3 is 9.32 Å². The number of furan rings is 1. The van der Waals surface area contributed by atoms with E-state index in [-0.39, 0.29) is 0 Å². The fraction of sp³-hybridized carbons (Fsp3) is 0.667. The molecule has 1 heterocycles.